The zero-order valence-corrected chi connectivity index (χ0v) is 16.2. The van der Waals surface area contributed by atoms with Gasteiger partial charge in [0, 0.05) is 24.8 Å². The van der Waals surface area contributed by atoms with Crippen molar-refractivity contribution >= 4 is 17.2 Å². The molecule has 0 saturated carbocycles. The van der Waals surface area contributed by atoms with Crippen LogP contribution in [0.2, 0.25) is 0 Å². The second kappa shape index (κ2) is 6.92. The van der Waals surface area contributed by atoms with Crippen LogP contribution in [0.25, 0.3) is 0 Å². The van der Waals surface area contributed by atoms with E-state index in [-0.39, 0.29) is 5.54 Å². The van der Waals surface area contributed by atoms with Crippen LogP contribution in [-0.4, -0.2) is 41.6 Å². The zero-order valence-electron chi connectivity index (χ0n) is 16.2. The number of para-hydroxylation sites is 2. The Morgan fingerprint density at radius 3 is 2.46 bits per heavy atom. The molecule has 0 spiro atoms. The molecular weight excluding hydrogens is 320 g/mol. The molecule has 3 heterocycles. The number of benzene rings is 1. The van der Waals surface area contributed by atoms with Crippen LogP contribution < -0.4 is 10.2 Å². The van der Waals surface area contributed by atoms with E-state index in [4.69, 9.17) is 4.98 Å². The third-order valence-corrected chi connectivity index (χ3v) is 5.81. The lowest BCUT2D eigenvalue weighted by Crippen LogP contribution is -2.45. The Kier molecular flexibility index (Phi) is 4.62. The summed E-state index contributed by atoms with van der Waals surface area (Å²) in [4.78, 5) is 9.75. The number of hydrogen-bond donors (Lipinski definition) is 1. The molecule has 1 aromatic carbocycles. The number of rotatable bonds is 2. The highest BCUT2D eigenvalue weighted by Gasteiger charge is 2.28. The molecule has 26 heavy (non-hydrogen) atoms. The van der Waals surface area contributed by atoms with Crippen molar-refractivity contribution in [3.8, 4) is 0 Å². The van der Waals surface area contributed by atoms with Gasteiger partial charge in [-0.25, -0.2) is 4.98 Å². The van der Waals surface area contributed by atoms with Gasteiger partial charge >= 0.3 is 0 Å². The third kappa shape index (κ3) is 3.43. The summed E-state index contributed by atoms with van der Waals surface area (Å²) in [5.41, 5.74) is 4.09. The zero-order chi connectivity index (χ0) is 18.1. The summed E-state index contributed by atoms with van der Waals surface area (Å²) in [5, 5.41) is 3.47. The van der Waals surface area contributed by atoms with E-state index in [0.717, 1.165) is 18.9 Å². The van der Waals surface area contributed by atoms with Gasteiger partial charge in [-0.2, -0.15) is 0 Å². The lowest BCUT2D eigenvalue weighted by Gasteiger charge is -2.41. The standard InChI is InChI=1S/C22H30N4/c1-22(2,3)25-13-10-17(11-14-25)18-8-9-21(24-16-18)26-15-12-23-19-6-4-5-7-20(19)26/h4-9,16-17,23H,10-15H2,1-3H3. The Balaban J connectivity index is 1.47. The molecule has 0 atom stereocenters. The molecule has 0 radical (unpaired) electrons. The molecule has 1 saturated heterocycles. The number of likely N-dealkylation sites (tertiary alicyclic amines) is 1. The summed E-state index contributed by atoms with van der Waals surface area (Å²) in [6, 6.07) is 13.0. The van der Waals surface area contributed by atoms with E-state index in [1.54, 1.807) is 0 Å². The summed E-state index contributed by atoms with van der Waals surface area (Å²) in [5.74, 6) is 1.69. The number of aromatic nitrogens is 1. The minimum atomic E-state index is 0.281. The summed E-state index contributed by atoms with van der Waals surface area (Å²) >= 11 is 0. The number of anilines is 3. The van der Waals surface area contributed by atoms with Gasteiger partial charge < -0.3 is 10.2 Å². The van der Waals surface area contributed by atoms with E-state index >= 15 is 0 Å². The maximum absolute atomic E-state index is 4.83. The van der Waals surface area contributed by atoms with Crippen LogP contribution in [0.3, 0.4) is 0 Å². The fourth-order valence-electron chi connectivity index (χ4n) is 4.20. The summed E-state index contributed by atoms with van der Waals surface area (Å²) in [6.07, 6.45) is 4.57. The Hall–Kier alpha value is -2.07. The molecule has 1 N–H and O–H groups in total. The van der Waals surface area contributed by atoms with Gasteiger partial charge in [0.05, 0.1) is 11.4 Å². The van der Waals surface area contributed by atoms with E-state index in [1.165, 1.54) is 42.9 Å². The van der Waals surface area contributed by atoms with Crippen molar-refractivity contribution in [3.63, 3.8) is 0 Å². The van der Waals surface area contributed by atoms with Crippen molar-refractivity contribution in [2.24, 2.45) is 0 Å². The van der Waals surface area contributed by atoms with Gasteiger partial charge in [0.2, 0.25) is 0 Å². The highest BCUT2D eigenvalue weighted by atomic mass is 15.2. The normalized spacial score (nSPS) is 19.1. The van der Waals surface area contributed by atoms with Crippen molar-refractivity contribution in [1.29, 1.82) is 0 Å². The molecule has 0 unspecified atom stereocenters. The number of fused-ring (bicyclic) bond motifs is 1. The lowest BCUT2D eigenvalue weighted by molar-refractivity contribution is 0.102. The Morgan fingerprint density at radius 1 is 1.00 bits per heavy atom. The second-order valence-electron chi connectivity index (χ2n) is 8.48. The van der Waals surface area contributed by atoms with E-state index in [0.29, 0.717) is 5.92 Å². The first-order chi connectivity index (χ1) is 12.5. The summed E-state index contributed by atoms with van der Waals surface area (Å²) < 4.78 is 0. The number of pyridine rings is 1. The van der Waals surface area contributed by atoms with Gasteiger partial charge in [-0.3, -0.25) is 4.90 Å². The van der Waals surface area contributed by atoms with Crippen molar-refractivity contribution in [2.45, 2.75) is 45.1 Å². The molecule has 2 aromatic rings. The van der Waals surface area contributed by atoms with Crippen molar-refractivity contribution in [1.82, 2.24) is 9.88 Å². The third-order valence-electron chi connectivity index (χ3n) is 5.81. The average molecular weight is 351 g/mol. The first kappa shape index (κ1) is 17.3. The van der Waals surface area contributed by atoms with Crippen molar-refractivity contribution < 1.29 is 0 Å². The topological polar surface area (TPSA) is 31.4 Å². The van der Waals surface area contributed by atoms with Crippen LogP contribution in [-0.2, 0) is 0 Å². The number of hydrogen-bond acceptors (Lipinski definition) is 4. The number of nitrogens with zero attached hydrogens (tertiary/aromatic N) is 3. The lowest BCUT2D eigenvalue weighted by atomic mass is 9.88. The Labute approximate surface area is 157 Å². The maximum Gasteiger partial charge on any atom is 0.133 e. The molecule has 138 valence electrons. The van der Waals surface area contributed by atoms with E-state index in [1.807, 2.05) is 0 Å². The molecule has 0 amide bonds. The average Bonchev–Trinajstić information content (AvgIpc) is 2.67. The monoisotopic (exact) mass is 350 g/mol. The van der Waals surface area contributed by atoms with Crippen LogP contribution in [0.15, 0.2) is 42.6 Å². The number of nitrogens with one attached hydrogen (secondary N) is 1. The van der Waals surface area contributed by atoms with Gasteiger partial charge in [-0.15, -0.1) is 0 Å². The highest BCUT2D eigenvalue weighted by molar-refractivity contribution is 5.77. The van der Waals surface area contributed by atoms with Crippen LogP contribution in [0.1, 0.15) is 45.1 Å². The van der Waals surface area contributed by atoms with Crippen molar-refractivity contribution in [3.05, 3.63) is 48.2 Å². The Bertz CT molecular complexity index is 739. The van der Waals surface area contributed by atoms with Gasteiger partial charge in [0.25, 0.3) is 0 Å². The number of piperidine rings is 1. The predicted molar refractivity (Wildman–Crippen MR) is 109 cm³/mol. The SMILES string of the molecule is CC(C)(C)N1CCC(c2ccc(N3CCNc4ccccc43)nc2)CC1. The molecule has 4 nitrogen and oxygen atoms in total. The first-order valence-corrected chi connectivity index (χ1v) is 9.84. The van der Waals surface area contributed by atoms with E-state index < -0.39 is 0 Å². The summed E-state index contributed by atoms with van der Waals surface area (Å²) in [7, 11) is 0. The molecule has 0 bridgehead atoms. The minimum absolute atomic E-state index is 0.281. The minimum Gasteiger partial charge on any atom is -0.382 e. The fraction of sp³-hybridized carbons (Fsp3) is 0.500. The van der Waals surface area contributed by atoms with Crippen LogP contribution in [0.5, 0.6) is 0 Å². The fourth-order valence-corrected chi connectivity index (χ4v) is 4.20. The van der Waals surface area contributed by atoms with Crippen LogP contribution in [0, 0.1) is 0 Å². The van der Waals surface area contributed by atoms with Crippen molar-refractivity contribution in [2.75, 3.05) is 36.4 Å². The van der Waals surface area contributed by atoms with Crippen LogP contribution >= 0.6 is 0 Å². The molecule has 2 aliphatic rings. The molecule has 1 fully saturated rings. The van der Waals surface area contributed by atoms with Gasteiger partial charge in [0.15, 0.2) is 0 Å². The van der Waals surface area contributed by atoms with Gasteiger partial charge in [-0.05, 0) is 76.4 Å². The molecular formula is C22H30N4. The molecule has 4 rings (SSSR count). The van der Waals surface area contributed by atoms with Crippen LogP contribution in [0.4, 0.5) is 17.2 Å². The first-order valence-electron chi connectivity index (χ1n) is 9.84. The van der Waals surface area contributed by atoms with E-state index in [9.17, 15) is 0 Å². The quantitative estimate of drug-likeness (QED) is 0.856. The predicted octanol–water partition coefficient (Wildman–Crippen LogP) is 4.62. The highest BCUT2D eigenvalue weighted by Crippen LogP contribution is 2.35. The van der Waals surface area contributed by atoms with Gasteiger partial charge in [-0.1, -0.05) is 18.2 Å². The molecule has 0 aliphatic carbocycles. The maximum atomic E-state index is 4.83. The molecule has 4 heteroatoms. The van der Waals surface area contributed by atoms with Gasteiger partial charge in [0.1, 0.15) is 5.82 Å². The second-order valence-corrected chi connectivity index (χ2v) is 8.48. The largest absolute Gasteiger partial charge is 0.382 e. The molecule has 2 aliphatic heterocycles. The molecule has 1 aromatic heterocycles. The smallest absolute Gasteiger partial charge is 0.133 e. The Morgan fingerprint density at radius 2 is 1.77 bits per heavy atom. The summed E-state index contributed by atoms with van der Waals surface area (Å²) in [6.45, 7) is 11.2. The van der Waals surface area contributed by atoms with E-state index in [2.05, 4.69) is 78.5 Å².